The lowest BCUT2D eigenvalue weighted by molar-refractivity contribution is -0.385. The second kappa shape index (κ2) is 6.64. The fourth-order valence-electron chi connectivity index (χ4n) is 2.32. The molecule has 10 heteroatoms. The summed E-state index contributed by atoms with van der Waals surface area (Å²) in [6.45, 7) is 3.29. The zero-order chi connectivity index (χ0) is 18.9. The van der Waals surface area contributed by atoms with E-state index in [1.54, 1.807) is 25.1 Å². The number of aryl methyl sites for hydroxylation is 1. The highest BCUT2D eigenvalue weighted by molar-refractivity contribution is 7.89. The monoisotopic (exact) mass is 377 g/mol. The quantitative estimate of drug-likeness (QED) is 0.485. The number of rotatable bonds is 5. The minimum atomic E-state index is -4.05. The lowest BCUT2D eigenvalue weighted by Crippen LogP contribution is -2.20. The number of hydrogen-bond acceptors (Lipinski definition) is 7. The van der Waals surface area contributed by atoms with Gasteiger partial charge in [-0.15, -0.1) is 0 Å². The molecule has 1 N–H and O–H groups in total. The summed E-state index contributed by atoms with van der Waals surface area (Å²) in [5.41, 5.74) is 1.14. The Kier molecular flexibility index (Phi) is 4.51. The van der Waals surface area contributed by atoms with Crippen molar-refractivity contribution < 1.29 is 22.8 Å². The standard InChI is InChI=1S/C16H15N3O6S/c1-10-3-5-13(8-14(10)19(20)21)26(22,23)18-17-11(2)12-4-6-15-16(7-12)25-9-24-15/h3-8,18H,9H2,1-2H3/b17-11-. The van der Waals surface area contributed by atoms with Crippen LogP contribution in [0.4, 0.5) is 5.69 Å². The molecule has 0 atom stereocenters. The maximum absolute atomic E-state index is 12.4. The van der Waals surface area contributed by atoms with Crippen LogP contribution in [0.15, 0.2) is 46.4 Å². The summed E-state index contributed by atoms with van der Waals surface area (Å²) in [6, 6.07) is 8.78. The Bertz CT molecular complexity index is 1020. The van der Waals surface area contributed by atoms with Gasteiger partial charge in [0.1, 0.15) is 0 Å². The van der Waals surface area contributed by atoms with Crippen molar-refractivity contribution in [3.63, 3.8) is 0 Å². The van der Waals surface area contributed by atoms with Crippen LogP contribution in [0.3, 0.4) is 0 Å². The van der Waals surface area contributed by atoms with E-state index in [0.717, 1.165) is 6.07 Å². The van der Waals surface area contributed by atoms with Gasteiger partial charge in [0.25, 0.3) is 15.7 Å². The largest absolute Gasteiger partial charge is 0.454 e. The molecule has 0 saturated heterocycles. The zero-order valence-electron chi connectivity index (χ0n) is 13.9. The molecule has 0 radical (unpaired) electrons. The van der Waals surface area contributed by atoms with Gasteiger partial charge in [-0.2, -0.15) is 18.4 Å². The first kappa shape index (κ1) is 17.7. The molecule has 136 valence electrons. The average molecular weight is 377 g/mol. The molecule has 2 aromatic rings. The number of hydrazone groups is 1. The van der Waals surface area contributed by atoms with E-state index in [1.165, 1.54) is 19.1 Å². The molecule has 0 aromatic heterocycles. The van der Waals surface area contributed by atoms with E-state index in [4.69, 9.17) is 9.47 Å². The summed E-state index contributed by atoms with van der Waals surface area (Å²) < 4.78 is 35.2. The van der Waals surface area contributed by atoms with E-state index in [-0.39, 0.29) is 17.4 Å². The first-order valence-electron chi connectivity index (χ1n) is 7.49. The number of nitrogens with zero attached hydrogens (tertiary/aromatic N) is 2. The maximum Gasteiger partial charge on any atom is 0.276 e. The SMILES string of the molecule is C/C(=N/NS(=O)(=O)c1ccc(C)c([N+](=O)[O-])c1)c1ccc2c(c1)OCO2. The van der Waals surface area contributed by atoms with Gasteiger partial charge in [-0.1, -0.05) is 6.07 Å². The van der Waals surface area contributed by atoms with Gasteiger partial charge in [-0.05, 0) is 38.1 Å². The van der Waals surface area contributed by atoms with Gasteiger partial charge >= 0.3 is 0 Å². The van der Waals surface area contributed by atoms with E-state index in [0.29, 0.717) is 28.3 Å². The molecule has 1 aliphatic rings. The summed E-state index contributed by atoms with van der Waals surface area (Å²) in [6.07, 6.45) is 0. The van der Waals surface area contributed by atoms with E-state index >= 15 is 0 Å². The van der Waals surface area contributed by atoms with Crippen molar-refractivity contribution in [2.45, 2.75) is 18.7 Å². The van der Waals surface area contributed by atoms with E-state index < -0.39 is 14.9 Å². The Morgan fingerprint density at radius 1 is 1.19 bits per heavy atom. The van der Waals surface area contributed by atoms with Crippen molar-refractivity contribution in [2.24, 2.45) is 5.10 Å². The van der Waals surface area contributed by atoms with Crippen LogP contribution in [0.25, 0.3) is 0 Å². The Morgan fingerprint density at radius 2 is 1.92 bits per heavy atom. The predicted octanol–water partition coefficient (Wildman–Crippen LogP) is 2.33. The third-order valence-electron chi connectivity index (χ3n) is 3.81. The van der Waals surface area contributed by atoms with Gasteiger partial charge in [0.2, 0.25) is 6.79 Å². The lowest BCUT2D eigenvalue weighted by Gasteiger charge is -2.07. The summed E-state index contributed by atoms with van der Waals surface area (Å²) in [5.74, 6) is 1.16. The van der Waals surface area contributed by atoms with Gasteiger partial charge in [-0.3, -0.25) is 10.1 Å². The van der Waals surface area contributed by atoms with Crippen molar-refractivity contribution in [2.75, 3.05) is 6.79 Å². The Morgan fingerprint density at radius 3 is 2.65 bits per heavy atom. The molecule has 0 unspecified atom stereocenters. The van der Waals surface area contributed by atoms with Gasteiger partial charge in [0.15, 0.2) is 11.5 Å². The van der Waals surface area contributed by atoms with E-state index in [2.05, 4.69) is 9.93 Å². The molecule has 0 spiro atoms. The van der Waals surface area contributed by atoms with Gasteiger partial charge < -0.3 is 9.47 Å². The molecule has 0 amide bonds. The third-order valence-corrected chi connectivity index (χ3v) is 5.02. The van der Waals surface area contributed by atoms with Crippen LogP contribution in [-0.2, 0) is 10.0 Å². The van der Waals surface area contributed by atoms with Crippen molar-refractivity contribution >= 4 is 21.4 Å². The van der Waals surface area contributed by atoms with Crippen molar-refractivity contribution in [3.8, 4) is 11.5 Å². The third kappa shape index (κ3) is 3.45. The molecule has 2 aromatic carbocycles. The van der Waals surface area contributed by atoms with Crippen molar-refractivity contribution in [1.29, 1.82) is 0 Å². The van der Waals surface area contributed by atoms with Crippen LogP contribution in [0.2, 0.25) is 0 Å². The fourth-order valence-corrected chi connectivity index (χ4v) is 3.20. The first-order chi connectivity index (χ1) is 12.3. The Labute approximate surface area is 149 Å². The smallest absolute Gasteiger partial charge is 0.276 e. The molecule has 26 heavy (non-hydrogen) atoms. The molecular weight excluding hydrogens is 362 g/mol. The number of nitrogens with one attached hydrogen (secondary N) is 1. The number of hydrogen-bond donors (Lipinski definition) is 1. The molecule has 0 saturated carbocycles. The average Bonchev–Trinajstić information content (AvgIpc) is 3.07. The molecule has 0 aliphatic carbocycles. The summed E-state index contributed by atoms with van der Waals surface area (Å²) in [7, 11) is -4.05. The van der Waals surface area contributed by atoms with Gasteiger partial charge in [-0.25, -0.2) is 0 Å². The topological polar surface area (TPSA) is 120 Å². The van der Waals surface area contributed by atoms with Crippen molar-refractivity contribution in [3.05, 3.63) is 57.6 Å². The minimum absolute atomic E-state index is 0.133. The maximum atomic E-state index is 12.4. The molecule has 3 rings (SSSR count). The lowest BCUT2D eigenvalue weighted by atomic mass is 10.1. The highest BCUT2D eigenvalue weighted by Crippen LogP contribution is 2.32. The molecule has 1 aliphatic heterocycles. The molecular formula is C16H15N3O6S. The van der Waals surface area contributed by atoms with E-state index in [9.17, 15) is 18.5 Å². The van der Waals surface area contributed by atoms with Crippen molar-refractivity contribution in [1.82, 2.24) is 4.83 Å². The van der Waals surface area contributed by atoms with Crippen LogP contribution < -0.4 is 14.3 Å². The second-order valence-corrected chi connectivity index (χ2v) is 7.23. The highest BCUT2D eigenvalue weighted by atomic mass is 32.2. The molecule has 0 fully saturated rings. The first-order valence-corrected chi connectivity index (χ1v) is 8.97. The fraction of sp³-hybridized carbons (Fsp3) is 0.188. The van der Waals surface area contributed by atoms with Crippen LogP contribution in [0, 0.1) is 17.0 Å². The Balaban J connectivity index is 1.84. The molecule has 1 heterocycles. The van der Waals surface area contributed by atoms with Crippen LogP contribution in [-0.4, -0.2) is 25.8 Å². The number of ether oxygens (including phenoxy) is 2. The zero-order valence-corrected chi connectivity index (χ0v) is 14.7. The highest BCUT2D eigenvalue weighted by Gasteiger charge is 2.20. The van der Waals surface area contributed by atoms with Gasteiger partial charge in [0.05, 0.1) is 15.5 Å². The number of nitro benzene ring substituents is 1. The van der Waals surface area contributed by atoms with E-state index in [1.807, 2.05) is 0 Å². The van der Waals surface area contributed by atoms with Crippen LogP contribution in [0.1, 0.15) is 18.1 Å². The number of fused-ring (bicyclic) bond motifs is 1. The summed E-state index contributed by atoms with van der Waals surface area (Å²) >= 11 is 0. The normalized spacial score (nSPS) is 13.5. The predicted molar refractivity (Wildman–Crippen MR) is 92.9 cm³/mol. The summed E-state index contributed by atoms with van der Waals surface area (Å²) in [4.78, 5) is 12.2. The molecule has 9 nitrogen and oxygen atoms in total. The number of sulfonamides is 1. The molecule has 0 bridgehead atoms. The number of benzene rings is 2. The van der Waals surface area contributed by atoms with Crippen LogP contribution >= 0.6 is 0 Å². The van der Waals surface area contributed by atoms with Crippen LogP contribution in [0.5, 0.6) is 11.5 Å². The van der Waals surface area contributed by atoms with Gasteiger partial charge in [0, 0.05) is 17.2 Å². The second-order valence-electron chi connectivity index (χ2n) is 5.57. The summed E-state index contributed by atoms with van der Waals surface area (Å²) in [5, 5.41) is 14.9. The number of nitro groups is 1. The minimum Gasteiger partial charge on any atom is -0.454 e. The Hall–Kier alpha value is -3.14.